The van der Waals surface area contributed by atoms with Crippen LogP contribution in [0.5, 0.6) is 0 Å². The SMILES string of the molecule is CSc1nc(Cl)cc(Nc2cccc(Cl)c2Br)n1. The van der Waals surface area contributed by atoms with Gasteiger partial charge in [0, 0.05) is 6.07 Å². The maximum Gasteiger partial charge on any atom is 0.190 e. The zero-order valence-electron chi connectivity index (χ0n) is 9.25. The number of anilines is 2. The van der Waals surface area contributed by atoms with Gasteiger partial charge >= 0.3 is 0 Å². The summed E-state index contributed by atoms with van der Waals surface area (Å²) in [5, 5.41) is 4.79. The van der Waals surface area contributed by atoms with Crippen molar-refractivity contribution in [2.45, 2.75) is 5.16 Å². The van der Waals surface area contributed by atoms with Gasteiger partial charge in [0.15, 0.2) is 5.16 Å². The molecule has 0 atom stereocenters. The number of benzene rings is 1. The van der Waals surface area contributed by atoms with E-state index < -0.39 is 0 Å². The Hall–Kier alpha value is -0.490. The van der Waals surface area contributed by atoms with Crippen molar-refractivity contribution in [3.63, 3.8) is 0 Å². The van der Waals surface area contributed by atoms with E-state index in [-0.39, 0.29) is 0 Å². The minimum absolute atomic E-state index is 0.398. The lowest BCUT2D eigenvalue weighted by atomic mass is 10.3. The van der Waals surface area contributed by atoms with Gasteiger partial charge in [0.1, 0.15) is 11.0 Å². The Morgan fingerprint density at radius 3 is 2.78 bits per heavy atom. The van der Waals surface area contributed by atoms with Crippen LogP contribution in [0.15, 0.2) is 33.9 Å². The molecule has 0 radical (unpaired) electrons. The predicted molar refractivity (Wildman–Crippen MR) is 81.3 cm³/mol. The molecule has 0 aliphatic heterocycles. The number of nitrogens with one attached hydrogen (secondary N) is 1. The molecule has 1 heterocycles. The molecule has 1 N–H and O–H groups in total. The van der Waals surface area contributed by atoms with Crippen molar-refractivity contribution in [1.82, 2.24) is 9.97 Å². The molecule has 0 unspecified atom stereocenters. The highest BCUT2D eigenvalue weighted by molar-refractivity contribution is 9.10. The van der Waals surface area contributed by atoms with Crippen LogP contribution < -0.4 is 5.32 Å². The summed E-state index contributed by atoms with van der Waals surface area (Å²) in [6.45, 7) is 0. The van der Waals surface area contributed by atoms with Gasteiger partial charge < -0.3 is 5.32 Å². The molecule has 0 bridgehead atoms. The summed E-state index contributed by atoms with van der Waals surface area (Å²) in [6, 6.07) is 7.21. The lowest BCUT2D eigenvalue weighted by Crippen LogP contribution is -1.97. The molecule has 94 valence electrons. The van der Waals surface area contributed by atoms with Crippen LogP contribution in [0.4, 0.5) is 11.5 Å². The summed E-state index contributed by atoms with van der Waals surface area (Å²) in [7, 11) is 0. The quantitative estimate of drug-likeness (QED) is 0.471. The number of thioether (sulfide) groups is 1. The van der Waals surface area contributed by atoms with E-state index in [1.54, 1.807) is 12.1 Å². The Morgan fingerprint density at radius 1 is 1.28 bits per heavy atom. The highest BCUT2D eigenvalue weighted by atomic mass is 79.9. The molecule has 3 nitrogen and oxygen atoms in total. The second-order valence-corrected chi connectivity index (χ2v) is 5.65. The summed E-state index contributed by atoms with van der Waals surface area (Å²) in [5.41, 5.74) is 0.823. The monoisotopic (exact) mass is 363 g/mol. The maximum atomic E-state index is 6.02. The van der Waals surface area contributed by atoms with Crippen LogP contribution in [-0.2, 0) is 0 Å². The molecule has 0 saturated heterocycles. The molecule has 0 saturated carbocycles. The number of hydrogen-bond donors (Lipinski definition) is 1. The Bertz CT molecular complexity index is 580. The first kappa shape index (κ1) is 13.9. The van der Waals surface area contributed by atoms with Gasteiger partial charge in [-0.3, -0.25) is 0 Å². The molecule has 2 rings (SSSR count). The van der Waals surface area contributed by atoms with Crippen LogP contribution in [0, 0.1) is 0 Å². The van der Waals surface area contributed by atoms with Crippen molar-refractivity contribution in [2.75, 3.05) is 11.6 Å². The van der Waals surface area contributed by atoms with Gasteiger partial charge in [0.2, 0.25) is 0 Å². The molecule has 2 aromatic rings. The Balaban J connectivity index is 2.34. The van der Waals surface area contributed by atoms with E-state index in [1.165, 1.54) is 11.8 Å². The summed E-state index contributed by atoms with van der Waals surface area (Å²) in [6.07, 6.45) is 1.89. The fraction of sp³-hybridized carbons (Fsp3) is 0.0909. The molecule has 18 heavy (non-hydrogen) atoms. The first-order chi connectivity index (χ1) is 8.60. The van der Waals surface area contributed by atoms with E-state index in [4.69, 9.17) is 23.2 Å². The molecule has 0 spiro atoms. The van der Waals surface area contributed by atoms with Gasteiger partial charge in [-0.05, 0) is 34.3 Å². The summed E-state index contributed by atoms with van der Waals surface area (Å²) in [5.74, 6) is 0.627. The van der Waals surface area contributed by atoms with Crippen molar-refractivity contribution >= 4 is 62.4 Å². The first-order valence-corrected chi connectivity index (χ1v) is 7.67. The van der Waals surface area contributed by atoms with E-state index in [0.29, 0.717) is 21.2 Å². The van der Waals surface area contributed by atoms with Crippen LogP contribution >= 0.6 is 50.9 Å². The second kappa shape index (κ2) is 6.10. The number of aromatic nitrogens is 2. The minimum atomic E-state index is 0.398. The standard InChI is InChI=1S/C11H8BrCl2N3S/c1-18-11-16-8(14)5-9(17-11)15-7-4-2-3-6(13)10(7)12/h2-5H,1H3,(H,15,16,17). The largest absolute Gasteiger partial charge is 0.339 e. The fourth-order valence-corrected chi connectivity index (χ4v) is 2.44. The fourth-order valence-electron chi connectivity index (χ4n) is 1.29. The van der Waals surface area contributed by atoms with Crippen LogP contribution in [0.2, 0.25) is 10.2 Å². The third-order valence-electron chi connectivity index (χ3n) is 2.07. The van der Waals surface area contributed by atoms with Gasteiger partial charge in [-0.1, -0.05) is 41.0 Å². The van der Waals surface area contributed by atoms with E-state index in [9.17, 15) is 0 Å². The van der Waals surface area contributed by atoms with Crippen molar-refractivity contribution in [2.24, 2.45) is 0 Å². The van der Waals surface area contributed by atoms with E-state index in [2.05, 4.69) is 31.2 Å². The molecule has 1 aromatic carbocycles. The van der Waals surface area contributed by atoms with Crippen molar-refractivity contribution < 1.29 is 0 Å². The molecular weight excluding hydrogens is 357 g/mol. The normalized spacial score (nSPS) is 10.4. The van der Waals surface area contributed by atoms with E-state index in [0.717, 1.165) is 10.2 Å². The predicted octanol–water partition coefficient (Wildman–Crippen LogP) is 5.01. The minimum Gasteiger partial charge on any atom is -0.339 e. The average molecular weight is 365 g/mol. The Labute approximate surface area is 127 Å². The van der Waals surface area contributed by atoms with Crippen molar-refractivity contribution in [3.8, 4) is 0 Å². The van der Waals surface area contributed by atoms with Crippen LogP contribution in [0.25, 0.3) is 0 Å². The average Bonchev–Trinajstić information content (AvgIpc) is 2.34. The summed E-state index contributed by atoms with van der Waals surface area (Å²) < 4.78 is 0.784. The van der Waals surface area contributed by atoms with E-state index >= 15 is 0 Å². The zero-order chi connectivity index (χ0) is 13.1. The van der Waals surface area contributed by atoms with Gasteiger partial charge in [0.05, 0.1) is 15.2 Å². The summed E-state index contributed by atoms with van der Waals surface area (Å²) in [4.78, 5) is 8.38. The molecule has 0 fully saturated rings. The third kappa shape index (κ3) is 3.29. The molecule has 0 aliphatic rings. The Kier molecular flexibility index (Phi) is 4.72. The second-order valence-electron chi connectivity index (χ2n) is 3.29. The van der Waals surface area contributed by atoms with Crippen LogP contribution in [0.3, 0.4) is 0 Å². The number of hydrogen-bond acceptors (Lipinski definition) is 4. The smallest absolute Gasteiger partial charge is 0.190 e. The van der Waals surface area contributed by atoms with Gasteiger partial charge in [-0.25, -0.2) is 9.97 Å². The number of nitrogens with zero attached hydrogens (tertiary/aromatic N) is 2. The van der Waals surface area contributed by atoms with Gasteiger partial charge in [-0.15, -0.1) is 0 Å². The highest BCUT2D eigenvalue weighted by Crippen LogP contribution is 2.32. The molecule has 7 heteroatoms. The molecule has 1 aromatic heterocycles. The molecular formula is C11H8BrCl2N3S. The van der Waals surface area contributed by atoms with Gasteiger partial charge in [-0.2, -0.15) is 0 Å². The van der Waals surface area contributed by atoms with Gasteiger partial charge in [0.25, 0.3) is 0 Å². The maximum absolute atomic E-state index is 6.02. The molecule has 0 aliphatic carbocycles. The highest BCUT2D eigenvalue weighted by Gasteiger charge is 2.07. The van der Waals surface area contributed by atoms with Crippen LogP contribution in [-0.4, -0.2) is 16.2 Å². The first-order valence-electron chi connectivity index (χ1n) is 4.90. The lowest BCUT2D eigenvalue weighted by Gasteiger charge is -2.09. The topological polar surface area (TPSA) is 37.8 Å². The summed E-state index contributed by atoms with van der Waals surface area (Å²) >= 11 is 16.8. The number of rotatable bonds is 3. The third-order valence-corrected chi connectivity index (χ3v) is 4.21. The lowest BCUT2D eigenvalue weighted by molar-refractivity contribution is 0.976. The zero-order valence-corrected chi connectivity index (χ0v) is 13.2. The van der Waals surface area contributed by atoms with Crippen molar-refractivity contribution in [3.05, 3.63) is 38.9 Å². The van der Waals surface area contributed by atoms with Crippen molar-refractivity contribution in [1.29, 1.82) is 0 Å². The van der Waals surface area contributed by atoms with E-state index in [1.807, 2.05) is 18.4 Å². The van der Waals surface area contributed by atoms with Crippen LogP contribution in [0.1, 0.15) is 0 Å². The Morgan fingerprint density at radius 2 is 2.06 bits per heavy atom. The number of halogens is 3. The molecule has 0 amide bonds.